The van der Waals surface area contributed by atoms with Crippen LogP contribution in [0.3, 0.4) is 0 Å². The molecule has 2 heterocycles. The van der Waals surface area contributed by atoms with Crippen molar-refractivity contribution in [2.45, 2.75) is 25.8 Å². The molecule has 20 heavy (non-hydrogen) atoms. The Hall–Kier alpha value is -2.30. The van der Waals surface area contributed by atoms with Crippen molar-refractivity contribution in [3.8, 4) is 0 Å². The number of para-hydroxylation sites is 1. The standard InChI is InChI=1S/C15H15NO4/c1-9-4-2-5-10-8-12(20-13(9)10)14(17)16-7-3-6-11(16)15(18)19/h2,4-5,8,11H,3,6-7H2,1H3,(H,18,19)/t11-/m0/s1. The number of aryl methyl sites for hydroxylation is 1. The van der Waals surface area contributed by atoms with Gasteiger partial charge in [-0.25, -0.2) is 4.79 Å². The van der Waals surface area contributed by atoms with Crippen LogP contribution < -0.4 is 0 Å². The van der Waals surface area contributed by atoms with Crippen LogP contribution in [0.15, 0.2) is 28.7 Å². The minimum atomic E-state index is -0.955. The monoisotopic (exact) mass is 273 g/mol. The topological polar surface area (TPSA) is 70.8 Å². The summed E-state index contributed by atoms with van der Waals surface area (Å²) >= 11 is 0. The van der Waals surface area contributed by atoms with Gasteiger partial charge in [0, 0.05) is 11.9 Å². The molecule has 3 rings (SSSR count). The number of carboxylic acids is 1. The fraction of sp³-hybridized carbons (Fsp3) is 0.333. The molecule has 1 aliphatic heterocycles. The average molecular weight is 273 g/mol. The van der Waals surface area contributed by atoms with Crippen molar-refractivity contribution in [2.24, 2.45) is 0 Å². The van der Waals surface area contributed by atoms with Crippen LogP contribution >= 0.6 is 0 Å². The molecule has 1 saturated heterocycles. The Kier molecular flexibility index (Phi) is 2.97. The third-order valence-corrected chi connectivity index (χ3v) is 3.75. The van der Waals surface area contributed by atoms with Gasteiger partial charge in [-0.3, -0.25) is 4.79 Å². The summed E-state index contributed by atoms with van der Waals surface area (Å²) in [5.74, 6) is -1.09. The Balaban J connectivity index is 1.96. The summed E-state index contributed by atoms with van der Waals surface area (Å²) in [6, 6.07) is 6.63. The number of rotatable bonds is 2. The zero-order chi connectivity index (χ0) is 14.3. The first-order valence-corrected chi connectivity index (χ1v) is 6.61. The Morgan fingerprint density at radius 3 is 2.90 bits per heavy atom. The second-order valence-corrected chi connectivity index (χ2v) is 5.10. The number of benzene rings is 1. The first-order valence-electron chi connectivity index (χ1n) is 6.61. The maximum atomic E-state index is 12.4. The van der Waals surface area contributed by atoms with E-state index >= 15 is 0 Å². The highest BCUT2D eigenvalue weighted by molar-refractivity contribution is 5.98. The van der Waals surface area contributed by atoms with Gasteiger partial charge < -0.3 is 14.4 Å². The highest BCUT2D eigenvalue weighted by atomic mass is 16.4. The quantitative estimate of drug-likeness (QED) is 0.912. The number of aliphatic carboxylic acids is 1. The van der Waals surface area contributed by atoms with E-state index in [0.717, 1.165) is 10.9 Å². The fourth-order valence-electron chi connectivity index (χ4n) is 2.72. The van der Waals surface area contributed by atoms with Crippen LogP contribution in [0.1, 0.15) is 29.0 Å². The van der Waals surface area contributed by atoms with Gasteiger partial charge in [-0.05, 0) is 31.4 Å². The molecule has 0 radical (unpaired) electrons. The molecule has 5 heteroatoms. The number of hydrogen-bond donors (Lipinski definition) is 1. The first kappa shape index (κ1) is 12.7. The lowest BCUT2D eigenvalue weighted by molar-refractivity contribution is -0.141. The summed E-state index contributed by atoms with van der Waals surface area (Å²) < 4.78 is 5.62. The van der Waals surface area contributed by atoms with E-state index in [-0.39, 0.29) is 11.7 Å². The molecular formula is C15H15NO4. The highest BCUT2D eigenvalue weighted by Gasteiger charge is 2.35. The molecule has 104 valence electrons. The minimum Gasteiger partial charge on any atom is -0.480 e. The number of furan rings is 1. The molecule has 1 aromatic carbocycles. The highest BCUT2D eigenvalue weighted by Crippen LogP contribution is 2.26. The van der Waals surface area contributed by atoms with Gasteiger partial charge in [0.2, 0.25) is 0 Å². The second-order valence-electron chi connectivity index (χ2n) is 5.10. The van der Waals surface area contributed by atoms with Crippen LogP contribution in [-0.2, 0) is 4.79 Å². The van der Waals surface area contributed by atoms with Crippen molar-refractivity contribution < 1.29 is 19.1 Å². The number of hydrogen-bond acceptors (Lipinski definition) is 3. The van der Waals surface area contributed by atoms with Crippen molar-refractivity contribution in [1.29, 1.82) is 0 Å². The van der Waals surface area contributed by atoms with Crippen molar-refractivity contribution >= 4 is 22.8 Å². The van der Waals surface area contributed by atoms with Gasteiger partial charge in [-0.1, -0.05) is 18.2 Å². The van der Waals surface area contributed by atoms with E-state index in [1.54, 1.807) is 6.07 Å². The molecule has 1 aliphatic rings. The molecule has 1 fully saturated rings. The van der Waals surface area contributed by atoms with Crippen molar-refractivity contribution in [3.63, 3.8) is 0 Å². The van der Waals surface area contributed by atoms with Gasteiger partial charge in [0.15, 0.2) is 5.76 Å². The maximum Gasteiger partial charge on any atom is 0.326 e. The summed E-state index contributed by atoms with van der Waals surface area (Å²) in [6.45, 7) is 2.38. The Labute approximate surface area is 115 Å². The van der Waals surface area contributed by atoms with E-state index < -0.39 is 12.0 Å². The average Bonchev–Trinajstić information content (AvgIpc) is 3.05. The number of carbonyl (C=O) groups excluding carboxylic acids is 1. The third kappa shape index (κ3) is 1.95. The van der Waals surface area contributed by atoms with E-state index in [9.17, 15) is 9.59 Å². The molecule has 0 aliphatic carbocycles. The van der Waals surface area contributed by atoms with E-state index in [0.29, 0.717) is 25.0 Å². The third-order valence-electron chi connectivity index (χ3n) is 3.75. The van der Waals surface area contributed by atoms with Crippen LogP contribution in [0, 0.1) is 6.92 Å². The van der Waals surface area contributed by atoms with Crippen LogP contribution in [0.4, 0.5) is 0 Å². The number of amides is 1. The number of likely N-dealkylation sites (tertiary alicyclic amines) is 1. The molecule has 1 atom stereocenters. The zero-order valence-corrected chi connectivity index (χ0v) is 11.1. The molecule has 0 unspecified atom stereocenters. The largest absolute Gasteiger partial charge is 0.480 e. The van der Waals surface area contributed by atoms with Gasteiger partial charge >= 0.3 is 5.97 Å². The van der Waals surface area contributed by atoms with E-state index in [1.165, 1.54) is 4.90 Å². The minimum absolute atomic E-state index is 0.211. The van der Waals surface area contributed by atoms with Crippen LogP contribution in [0.25, 0.3) is 11.0 Å². The Morgan fingerprint density at radius 2 is 2.20 bits per heavy atom. The molecular weight excluding hydrogens is 258 g/mol. The fourth-order valence-corrected chi connectivity index (χ4v) is 2.72. The summed E-state index contributed by atoms with van der Waals surface area (Å²) in [5.41, 5.74) is 1.64. The van der Waals surface area contributed by atoms with E-state index in [4.69, 9.17) is 9.52 Å². The molecule has 5 nitrogen and oxygen atoms in total. The second kappa shape index (κ2) is 4.67. The van der Waals surface area contributed by atoms with Crippen molar-refractivity contribution in [1.82, 2.24) is 4.90 Å². The number of fused-ring (bicyclic) bond motifs is 1. The van der Waals surface area contributed by atoms with Gasteiger partial charge in [0.25, 0.3) is 5.91 Å². The van der Waals surface area contributed by atoms with E-state index in [1.807, 2.05) is 25.1 Å². The van der Waals surface area contributed by atoms with Crippen LogP contribution in [0.5, 0.6) is 0 Å². The maximum absolute atomic E-state index is 12.4. The smallest absolute Gasteiger partial charge is 0.326 e. The van der Waals surface area contributed by atoms with Gasteiger partial charge in [-0.2, -0.15) is 0 Å². The van der Waals surface area contributed by atoms with Crippen molar-refractivity contribution in [3.05, 3.63) is 35.6 Å². The molecule has 1 N–H and O–H groups in total. The molecule has 1 aromatic heterocycles. The lowest BCUT2D eigenvalue weighted by Gasteiger charge is -2.19. The predicted molar refractivity (Wildman–Crippen MR) is 72.6 cm³/mol. The molecule has 1 amide bonds. The molecule has 0 saturated carbocycles. The van der Waals surface area contributed by atoms with Crippen molar-refractivity contribution in [2.75, 3.05) is 6.54 Å². The van der Waals surface area contributed by atoms with E-state index in [2.05, 4.69) is 0 Å². The summed E-state index contributed by atoms with van der Waals surface area (Å²) in [7, 11) is 0. The number of carbonyl (C=O) groups is 2. The lowest BCUT2D eigenvalue weighted by atomic mass is 10.2. The first-order chi connectivity index (χ1) is 9.58. The zero-order valence-electron chi connectivity index (χ0n) is 11.1. The van der Waals surface area contributed by atoms with Crippen LogP contribution in [-0.4, -0.2) is 34.5 Å². The predicted octanol–water partition coefficient (Wildman–Crippen LogP) is 2.43. The lowest BCUT2D eigenvalue weighted by Crippen LogP contribution is -2.40. The van der Waals surface area contributed by atoms with Gasteiger partial charge in [0.05, 0.1) is 0 Å². The molecule has 0 spiro atoms. The molecule has 0 bridgehead atoms. The Morgan fingerprint density at radius 1 is 1.40 bits per heavy atom. The van der Waals surface area contributed by atoms with Gasteiger partial charge in [-0.15, -0.1) is 0 Å². The number of nitrogens with zero attached hydrogens (tertiary/aromatic N) is 1. The summed E-state index contributed by atoms with van der Waals surface area (Å²) in [5, 5.41) is 10.00. The Bertz CT molecular complexity index is 688. The summed E-state index contributed by atoms with van der Waals surface area (Å²) in [6.07, 6.45) is 1.21. The normalized spacial score (nSPS) is 18.6. The number of carboxylic acid groups (broad SMARTS) is 1. The summed E-state index contributed by atoms with van der Waals surface area (Å²) in [4.78, 5) is 24.9. The SMILES string of the molecule is Cc1cccc2cc(C(=O)N3CCC[C@H]3C(=O)O)oc12. The molecule has 2 aromatic rings. The van der Waals surface area contributed by atoms with Crippen LogP contribution in [0.2, 0.25) is 0 Å². The van der Waals surface area contributed by atoms with Gasteiger partial charge in [0.1, 0.15) is 11.6 Å².